The molecule has 4 heteroatoms. The summed E-state index contributed by atoms with van der Waals surface area (Å²) in [5.74, 6) is 1.27. The van der Waals surface area contributed by atoms with E-state index in [0.717, 1.165) is 70.0 Å². The Kier molecular flexibility index (Phi) is 7.71. The van der Waals surface area contributed by atoms with E-state index in [9.17, 15) is 14.7 Å². The van der Waals surface area contributed by atoms with E-state index in [2.05, 4.69) is 40.7 Å². The normalized spacial score (nSPS) is 39.3. The van der Waals surface area contributed by atoms with Crippen LogP contribution in [0.25, 0.3) is 0 Å². The van der Waals surface area contributed by atoms with E-state index in [0.29, 0.717) is 24.2 Å². The fourth-order valence-electron chi connectivity index (χ4n) is 7.53. The lowest BCUT2D eigenvalue weighted by Crippen LogP contribution is -2.53. The summed E-state index contributed by atoms with van der Waals surface area (Å²) >= 11 is 0. The van der Waals surface area contributed by atoms with Gasteiger partial charge in [0.15, 0.2) is 0 Å². The van der Waals surface area contributed by atoms with Gasteiger partial charge in [-0.2, -0.15) is 0 Å². The van der Waals surface area contributed by atoms with Crippen LogP contribution >= 0.6 is 0 Å². The predicted octanol–water partition coefficient (Wildman–Crippen LogP) is 6.14. The molecule has 0 saturated heterocycles. The lowest BCUT2D eigenvalue weighted by atomic mass is 9.52. The molecule has 3 rings (SSSR count). The molecule has 0 aromatic carbocycles. The zero-order valence-electron chi connectivity index (χ0n) is 20.4. The highest BCUT2D eigenvalue weighted by atomic mass is 16.5. The van der Waals surface area contributed by atoms with Crippen molar-refractivity contribution in [2.75, 3.05) is 13.2 Å². The van der Waals surface area contributed by atoms with Gasteiger partial charge in [-0.05, 0) is 74.0 Å². The molecule has 176 valence electrons. The smallest absolute Gasteiger partial charge is 0.314 e. The van der Waals surface area contributed by atoms with Gasteiger partial charge in [0.2, 0.25) is 0 Å². The largest absolute Gasteiger partial charge is 0.481 e. The van der Waals surface area contributed by atoms with Gasteiger partial charge in [0, 0.05) is 18.6 Å². The molecular formula is C27H44O4. The molecule has 0 spiro atoms. The lowest BCUT2D eigenvalue weighted by molar-refractivity contribution is -0.160. The Bertz CT molecular complexity index is 683. The molecule has 0 radical (unpaired) electrons. The van der Waals surface area contributed by atoms with Crippen molar-refractivity contribution in [2.24, 2.45) is 46.3 Å². The average Bonchev–Trinajstić information content (AvgIpc) is 3.37. The van der Waals surface area contributed by atoms with E-state index >= 15 is 0 Å². The highest BCUT2D eigenvalue weighted by Crippen LogP contribution is 2.71. The molecule has 3 aliphatic rings. The number of allylic oxidation sites excluding steroid dienone is 1. The Balaban J connectivity index is 1.81. The molecule has 0 aromatic rings. The number of carboxylic acids is 1. The van der Waals surface area contributed by atoms with Gasteiger partial charge in [-0.1, -0.05) is 59.1 Å². The summed E-state index contributed by atoms with van der Waals surface area (Å²) in [5.41, 5.74) is -0.735. The van der Waals surface area contributed by atoms with Crippen molar-refractivity contribution < 1.29 is 19.4 Å². The van der Waals surface area contributed by atoms with Crippen LogP contribution in [0.4, 0.5) is 0 Å². The van der Waals surface area contributed by atoms with Gasteiger partial charge in [-0.15, -0.1) is 0 Å². The van der Waals surface area contributed by atoms with Crippen LogP contribution in [0, 0.1) is 46.3 Å². The first-order valence-electron chi connectivity index (χ1n) is 12.7. The highest BCUT2D eigenvalue weighted by Gasteiger charge is 2.71. The first kappa shape index (κ1) is 24.5. The minimum absolute atomic E-state index is 0.163. The molecule has 7 atom stereocenters. The Morgan fingerprint density at radius 2 is 1.94 bits per heavy atom. The molecule has 7 unspecified atom stereocenters. The standard InChI is InChI=1S/C27H44O4/c1-6-7-11-31-12-9-8-10-22-20(5)19(4)13-24(22)26(17-28)15-21-14-23(18(2)3)27(26,16-21)25(29)30/h14,17-22,24H,6-13,15-16H2,1-5H3,(H,29,30). The minimum Gasteiger partial charge on any atom is -0.481 e. The fraction of sp³-hybridized carbons (Fsp3) is 0.852. The molecule has 4 nitrogen and oxygen atoms in total. The van der Waals surface area contributed by atoms with Crippen molar-refractivity contribution in [1.82, 2.24) is 0 Å². The van der Waals surface area contributed by atoms with E-state index in [1.54, 1.807) is 0 Å². The van der Waals surface area contributed by atoms with E-state index in [4.69, 9.17) is 4.74 Å². The first-order chi connectivity index (χ1) is 14.7. The van der Waals surface area contributed by atoms with Crippen LogP contribution in [0.5, 0.6) is 0 Å². The van der Waals surface area contributed by atoms with Gasteiger partial charge in [0.05, 0.1) is 0 Å². The molecule has 0 amide bonds. The molecule has 31 heavy (non-hydrogen) atoms. The van der Waals surface area contributed by atoms with E-state index in [1.807, 2.05) is 0 Å². The zero-order chi connectivity index (χ0) is 22.8. The second-order valence-electron chi connectivity index (χ2n) is 11.1. The Hall–Kier alpha value is -1.16. The number of carbonyl (C=O) groups is 2. The second-order valence-corrected chi connectivity index (χ2v) is 11.1. The van der Waals surface area contributed by atoms with Crippen molar-refractivity contribution in [1.29, 1.82) is 0 Å². The number of aliphatic carboxylic acids is 1. The second kappa shape index (κ2) is 9.77. The van der Waals surface area contributed by atoms with E-state index in [-0.39, 0.29) is 17.8 Å². The third-order valence-corrected chi connectivity index (χ3v) is 9.16. The topological polar surface area (TPSA) is 63.6 Å². The molecule has 3 aliphatic carbocycles. The molecular weight excluding hydrogens is 388 g/mol. The quantitative estimate of drug-likeness (QED) is 0.228. The van der Waals surface area contributed by atoms with Crippen LogP contribution < -0.4 is 0 Å². The van der Waals surface area contributed by atoms with Crippen LogP contribution in [0.2, 0.25) is 0 Å². The molecule has 1 N–H and O–H groups in total. The van der Waals surface area contributed by atoms with Gasteiger partial charge in [0.1, 0.15) is 11.7 Å². The lowest BCUT2D eigenvalue weighted by Gasteiger charge is -2.48. The monoisotopic (exact) mass is 432 g/mol. The maximum atomic E-state index is 12.9. The van der Waals surface area contributed by atoms with Crippen LogP contribution in [0.3, 0.4) is 0 Å². The van der Waals surface area contributed by atoms with Crippen molar-refractivity contribution >= 4 is 12.3 Å². The summed E-state index contributed by atoms with van der Waals surface area (Å²) in [4.78, 5) is 25.8. The summed E-state index contributed by atoms with van der Waals surface area (Å²) in [5, 5.41) is 10.6. The van der Waals surface area contributed by atoms with Gasteiger partial charge < -0.3 is 14.6 Å². The van der Waals surface area contributed by atoms with Crippen LogP contribution in [-0.4, -0.2) is 30.6 Å². The molecule has 0 aromatic heterocycles. The van der Waals surface area contributed by atoms with E-state index < -0.39 is 16.8 Å². The summed E-state index contributed by atoms with van der Waals surface area (Å²) in [6, 6.07) is 0. The van der Waals surface area contributed by atoms with Crippen molar-refractivity contribution in [3.8, 4) is 0 Å². The molecule has 0 aliphatic heterocycles. The summed E-state index contributed by atoms with van der Waals surface area (Å²) in [6.07, 6.45) is 11.1. The number of hydrogen-bond acceptors (Lipinski definition) is 3. The van der Waals surface area contributed by atoms with Crippen LogP contribution in [0.15, 0.2) is 11.6 Å². The summed E-state index contributed by atoms with van der Waals surface area (Å²) in [6.45, 7) is 12.6. The maximum absolute atomic E-state index is 12.9. The number of carboxylic acid groups (broad SMARTS) is 1. The van der Waals surface area contributed by atoms with Gasteiger partial charge in [0.25, 0.3) is 0 Å². The number of fused-ring (bicyclic) bond motifs is 2. The molecule has 2 saturated carbocycles. The Morgan fingerprint density at radius 3 is 2.55 bits per heavy atom. The van der Waals surface area contributed by atoms with Crippen LogP contribution in [-0.2, 0) is 14.3 Å². The third kappa shape index (κ3) is 4.03. The summed E-state index contributed by atoms with van der Waals surface area (Å²) in [7, 11) is 0. The summed E-state index contributed by atoms with van der Waals surface area (Å²) < 4.78 is 5.74. The predicted molar refractivity (Wildman–Crippen MR) is 124 cm³/mol. The number of unbranched alkanes of at least 4 members (excludes halogenated alkanes) is 2. The SMILES string of the molecule is CCCCOCCCCC1C(C)C(C)CC1C1(C=O)CC2C=C(C(C)C)C1(C(=O)O)C2. The number of carbonyl (C=O) groups excluding carboxylic acids is 1. The number of hydrogen-bond donors (Lipinski definition) is 1. The number of rotatable bonds is 12. The first-order valence-corrected chi connectivity index (χ1v) is 12.7. The molecule has 2 fully saturated rings. The number of ether oxygens (including phenoxy) is 1. The number of aldehydes is 1. The third-order valence-electron chi connectivity index (χ3n) is 9.16. The zero-order valence-corrected chi connectivity index (χ0v) is 20.4. The average molecular weight is 433 g/mol. The van der Waals surface area contributed by atoms with Gasteiger partial charge in [-0.25, -0.2) is 0 Å². The van der Waals surface area contributed by atoms with Crippen molar-refractivity contribution in [3.05, 3.63) is 11.6 Å². The Morgan fingerprint density at radius 1 is 1.23 bits per heavy atom. The van der Waals surface area contributed by atoms with Gasteiger partial charge in [-0.3, -0.25) is 4.79 Å². The highest BCUT2D eigenvalue weighted by molar-refractivity contribution is 5.88. The van der Waals surface area contributed by atoms with E-state index in [1.165, 1.54) is 0 Å². The van der Waals surface area contributed by atoms with Gasteiger partial charge >= 0.3 is 5.97 Å². The van der Waals surface area contributed by atoms with Crippen LogP contribution in [0.1, 0.15) is 86.0 Å². The van der Waals surface area contributed by atoms with Crippen molar-refractivity contribution in [2.45, 2.75) is 86.0 Å². The minimum atomic E-state index is -0.996. The maximum Gasteiger partial charge on any atom is 0.314 e. The van der Waals surface area contributed by atoms with Crippen molar-refractivity contribution in [3.63, 3.8) is 0 Å². The molecule has 2 bridgehead atoms. The molecule has 0 heterocycles. The Labute approximate surface area is 189 Å². The fourth-order valence-corrected chi connectivity index (χ4v) is 7.53.